The Morgan fingerprint density at radius 3 is 2.56 bits per heavy atom. The van der Waals surface area contributed by atoms with Gasteiger partial charge in [-0.1, -0.05) is 30.9 Å². The fraction of sp³-hybridized carbons (Fsp3) is 0.500. The van der Waals surface area contributed by atoms with Crippen LogP contribution in [0.4, 0.5) is 10.5 Å². The standard InChI is InChI=1S/C18H22ClN3O3/c1-12-10-13(19)6-7-14(12)20-15(23)11-22-16(24)18(21(2)17(22)25)8-4-3-5-9-18/h6-7,10H,3-5,8-9,11H2,1-2H3,(H,20,23). The van der Waals surface area contributed by atoms with Crippen molar-refractivity contribution in [1.29, 1.82) is 0 Å². The van der Waals surface area contributed by atoms with Crippen molar-refractivity contribution in [3.8, 4) is 0 Å². The molecule has 7 heteroatoms. The Balaban J connectivity index is 1.72. The van der Waals surface area contributed by atoms with E-state index in [1.807, 2.05) is 6.92 Å². The van der Waals surface area contributed by atoms with Gasteiger partial charge in [-0.15, -0.1) is 0 Å². The topological polar surface area (TPSA) is 69.7 Å². The Morgan fingerprint density at radius 1 is 1.24 bits per heavy atom. The van der Waals surface area contributed by atoms with Crippen molar-refractivity contribution in [3.63, 3.8) is 0 Å². The molecule has 0 atom stereocenters. The second kappa shape index (κ2) is 6.67. The molecule has 2 aliphatic rings. The number of urea groups is 1. The molecule has 1 heterocycles. The smallest absolute Gasteiger partial charge is 0.324 e. The summed E-state index contributed by atoms with van der Waals surface area (Å²) < 4.78 is 0. The lowest BCUT2D eigenvalue weighted by atomic mass is 9.81. The Kier molecular flexibility index (Phi) is 4.73. The van der Waals surface area contributed by atoms with Crippen LogP contribution in [0.25, 0.3) is 0 Å². The molecule has 1 aromatic rings. The highest BCUT2D eigenvalue weighted by Gasteiger charge is 2.55. The first kappa shape index (κ1) is 17.7. The molecular formula is C18H22ClN3O3. The zero-order chi connectivity index (χ0) is 18.2. The van der Waals surface area contributed by atoms with Crippen LogP contribution in [0.5, 0.6) is 0 Å². The van der Waals surface area contributed by atoms with Gasteiger partial charge in [-0.3, -0.25) is 14.5 Å². The normalized spacial score (nSPS) is 19.6. The minimum atomic E-state index is -0.758. The van der Waals surface area contributed by atoms with E-state index in [2.05, 4.69) is 5.32 Å². The van der Waals surface area contributed by atoms with Crippen molar-refractivity contribution < 1.29 is 14.4 Å². The van der Waals surface area contributed by atoms with Gasteiger partial charge in [0.05, 0.1) is 0 Å². The first-order valence-corrected chi connectivity index (χ1v) is 8.89. The number of nitrogens with zero attached hydrogens (tertiary/aromatic N) is 2. The summed E-state index contributed by atoms with van der Waals surface area (Å²) in [4.78, 5) is 40.4. The van der Waals surface area contributed by atoms with Crippen molar-refractivity contribution in [2.24, 2.45) is 0 Å². The van der Waals surface area contributed by atoms with Crippen molar-refractivity contribution in [2.45, 2.75) is 44.6 Å². The number of hydrogen-bond donors (Lipinski definition) is 1. The number of hydrogen-bond acceptors (Lipinski definition) is 3. The average molecular weight is 364 g/mol. The van der Waals surface area contributed by atoms with E-state index < -0.39 is 17.5 Å². The Morgan fingerprint density at radius 2 is 1.92 bits per heavy atom. The molecule has 134 valence electrons. The van der Waals surface area contributed by atoms with Gasteiger partial charge in [0.15, 0.2) is 0 Å². The van der Waals surface area contributed by atoms with Gasteiger partial charge < -0.3 is 10.2 Å². The number of imide groups is 1. The average Bonchev–Trinajstić information content (AvgIpc) is 2.75. The Hall–Kier alpha value is -2.08. The fourth-order valence-corrected chi connectivity index (χ4v) is 4.00. The van der Waals surface area contributed by atoms with Crippen LogP contribution in [0.1, 0.15) is 37.7 Å². The van der Waals surface area contributed by atoms with E-state index in [-0.39, 0.29) is 12.5 Å². The first-order valence-electron chi connectivity index (χ1n) is 8.51. The number of carbonyl (C=O) groups excluding carboxylic acids is 3. The predicted molar refractivity (Wildman–Crippen MR) is 95.5 cm³/mol. The number of carbonyl (C=O) groups is 3. The van der Waals surface area contributed by atoms with Crippen LogP contribution in [-0.4, -0.2) is 46.8 Å². The molecule has 4 amide bonds. The highest BCUT2D eigenvalue weighted by atomic mass is 35.5. The highest BCUT2D eigenvalue weighted by molar-refractivity contribution is 6.30. The molecular weight excluding hydrogens is 342 g/mol. The van der Waals surface area contributed by atoms with E-state index in [9.17, 15) is 14.4 Å². The number of likely N-dealkylation sites (N-methyl/N-ethyl adjacent to an activating group) is 1. The van der Waals surface area contributed by atoms with Crippen molar-refractivity contribution in [2.75, 3.05) is 18.9 Å². The minimum Gasteiger partial charge on any atom is -0.324 e. The number of halogens is 1. The molecule has 1 aromatic carbocycles. The van der Waals surface area contributed by atoms with E-state index in [4.69, 9.17) is 11.6 Å². The van der Waals surface area contributed by atoms with Gasteiger partial charge in [0.25, 0.3) is 5.91 Å². The molecule has 1 aliphatic carbocycles. The molecule has 1 aliphatic heterocycles. The lowest BCUT2D eigenvalue weighted by molar-refractivity contribution is -0.136. The Bertz CT molecular complexity index is 728. The molecule has 1 saturated heterocycles. The van der Waals surface area contributed by atoms with Gasteiger partial charge in [-0.25, -0.2) is 4.79 Å². The van der Waals surface area contributed by atoms with Gasteiger partial charge in [0.1, 0.15) is 12.1 Å². The third-order valence-electron chi connectivity index (χ3n) is 5.25. The number of nitrogens with one attached hydrogen (secondary N) is 1. The largest absolute Gasteiger partial charge is 0.327 e. The van der Waals surface area contributed by atoms with Crippen molar-refractivity contribution in [3.05, 3.63) is 28.8 Å². The zero-order valence-electron chi connectivity index (χ0n) is 14.5. The van der Waals surface area contributed by atoms with Crippen LogP contribution in [0.15, 0.2) is 18.2 Å². The molecule has 1 spiro atoms. The molecule has 25 heavy (non-hydrogen) atoms. The summed E-state index contributed by atoms with van der Waals surface area (Å²) >= 11 is 5.91. The van der Waals surface area contributed by atoms with Crippen LogP contribution in [0, 0.1) is 6.92 Å². The molecule has 3 rings (SSSR count). The molecule has 1 N–H and O–H groups in total. The van der Waals surface area contributed by atoms with E-state index in [0.29, 0.717) is 23.6 Å². The quantitative estimate of drug-likeness (QED) is 0.838. The third kappa shape index (κ3) is 3.11. The highest BCUT2D eigenvalue weighted by Crippen LogP contribution is 2.39. The maximum Gasteiger partial charge on any atom is 0.327 e. The predicted octanol–water partition coefficient (Wildman–Crippen LogP) is 3.18. The fourth-order valence-electron chi connectivity index (χ4n) is 3.77. The molecule has 0 bridgehead atoms. The summed E-state index contributed by atoms with van der Waals surface area (Å²) in [6.45, 7) is 1.56. The number of anilines is 1. The van der Waals surface area contributed by atoms with Crippen LogP contribution in [0.2, 0.25) is 5.02 Å². The summed E-state index contributed by atoms with van der Waals surface area (Å²) in [6, 6.07) is 4.74. The minimum absolute atomic E-state index is 0.248. The van der Waals surface area contributed by atoms with Gasteiger partial charge >= 0.3 is 6.03 Å². The number of benzene rings is 1. The monoisotopic (exact) mass is 363 g/mol. The van der Waals surface area contributed by atoms with Crippen molar-refractivity contribution >= 4 is 35.1 Å². The van der Waals surface area contributed by atoms with Gasteiger partial charge in [0, 0.05) is 17.8 Å². The van der Waals surface area contributed by atoms with Crippen LogP contribution >= 0.6 is 11.6 Å². The van der Waals surface area contributed by atoms with E-state index in [0.717, 1.165) is 29.7 Å². The molecule has 6 nitrogen and oxygen atoms in total. The molecule has 0 aromatic heterocycles. The molecule has 1 saturated carbocycles. The number of amides is 4. The molecule has 0 unspecified atom stereocenters. The second-order valence-electron chi connectivity index (χ2n) is 6.83. The maximum atomic E-state index is 12.9. The number of rotatable bonds is 3. The van der Waals surface area contributed by atoms with E-state index >= 15 is 0 Å². The van der Waals surface area contributed by atoms with Crippen LogP contribution < -0.4 is 5.32 Å². The molecule has 2 fully saturated rings. The van der Waals surface area contributed by atoms with Crippen LogP contribution in [-0.2, 0) is 9.59 Å². The van der Waals surface area contributed by atoms with E-state index in [1.165, 1.54) is 4.90 Å². The SMILES string of the molecule is Cc1cc(Cl)ccc1NC(=O)CN1C(=O)N(C)C2(CCCCC2)C1=O. The summed E-state index contributed by atoms with van der Waals surface area (Å²) in [5, 5.41) is 3.33. The number of aryl methyl sites for hydroxylation is 1. The van der Waals surface area contributed by atoms with Crippen LogP contribution in [0.3, 0.4) is 0 Å². The Labute approximate surface area is 152 Å². The van der Waals surface area contributed by atoms with Gasteiger partial charge in [-0.05, 0) is 43.5 Å². The summed E-state index contributed by atoms with van der Waals surface area (Å²) in [7, 11) is 1.66. The summed E-state index contributed by atoms with van der Waals surface area (Å²) in [5.74, 6) is -0.643. The molecule has 0 radical (unpaired) electrons. The maximum absolute atomic E-state index is 12.9. The van der Waals surface area contributed by atoms with Crippen molar-refractivity contribution in [1.82, 2.24) is 9.80 Å². The first-order chi connectivity index (χ1) is 11.8. The zero-order valence-corrected chi connectivity index (χ0v) is 15.2. The van der Waals surface area contributed by atoms with Gasteiger partial charge in [0.2, 0.25) is 5.91 Å². The second-order valence-corrected chi connectivity index (χ2v) is 7.27. The third-order valence-corrected chi connectivity index (χ3v) is 5.48. The van der Waals surface area contributed by atoms with E-state index in [1.54, 1.807) is 25.2 Å². The lowest BCUT2D eigenvalue weighted by Gasteiger charge is -2.35. The lowest BCUT2D eigenvalue weighted by Crippen LogP contribution is -2.49. The van der Waals surface area contributed by atoms with Gasteiger partial charge in [-0.2, -0.15) is 0 Å². The summed E-state index contributed by atoms with van der Waals surface area (Å²) in [5.41, 5.74) is 0.682. The summed E-state index contributed by atoms with van der Waals surface area (Å²) in [6.07, 6.45) is 4.26.